The van der Waals surface area contributed by atoms with Gasteiger partial charge in [0.25, 0.3) is 6.47 Å². The molecule has 0 aliphatic heterocycles. The van der Waals surface area contributed by atoms with E-state index in [0.29, 0.717) is 19.5 Å². The Morgan fingerprint density at radius 2 is 2.45 bits per heavy atom. The fraction of sp³-hybridized carbons (Fsp3) is 0.286. The van der Waals surface area contributed by atoms with E-state index in [0.717, 1.165) is 5.56 Å². The molecule has 4 nitrogen and oxygen atoms in total. The Balaban J connectivity index is 2.33. The first-order chi connectivity index (χ1) is 5.43. The van der Waals surface area contributed by atoms with Gasteiger partial charge in [0, 0.05) is 12.6 Å². The zero-order valence-corrected chi connectivity index (χ0v) is 5.93. The summed E-state index contributed by atoms with van der Waals surface area (Å²) in [6.45, 7) is 0.837. The van der Waals surface area contributed by atoms with Crippen molar-refractivity contribution >= 4 is 6.47 Å². The molecule has 1 rings (SSSR count). The lowest BCUT2D eigenvalue weighted by molar-refractivity contribution is -0.128. The number of ether oxygens (including phenoxy) is 1. The van der Waals surface area contributed by atoms with Crippen LogP contribution in [0.4, 0.5) is 0 Å². The molecule has 0 spiro atoms. The molecule has 0 bridgehead atoms. The highest BCUT2D eigenvalue weighted by Crippen LogP contribution is 1.94. The molecule has 1 aromatic rings. The maximum atomic E-state index is 9.74. The Morgan fingerprint density at radius 3 is 3.09 bits per heavy atom. The van der Waals surface area contributed by atoms with Crippen molar-refractivity contribution < 1.29 is 9.53 Å². The van der Waals surface area contributed by atoms with E-state index in [4.69, 9.17) is 0 Å². The van der Waals surface area contributed by atoms with E-state index < -0.39 is 0 Å². The summed E-state index contributed by atoms with van der Waals surface area (Å²) in [6, 6.07) is 1.83. The summed E-state index contributed by atoms with van der Waals surface area (Å²) in [5.74, 6) is 0. The highest BCUT2D eigenvalue weighted by Gasteiger charge is 1.90. The predicted octanol–water partition coefficient (Wildman–Crippen LogP) is 0.192. The summed E-state index contributed by atoms with van der Waals surface area (Å²) >= 11 is 0. The van der Waals surface area contributed by atoms with Gasteiger partial charge in [-0.15, -0.1) is 0 Å². The zero-order chi connectivity index (χ0) is 7.94. The Labute approximate surface area is 64.2 Å². The SMILES string of the molecule is O=COCCc1ccnnc1. The number of nitrogens with zero attached hydrogens (tertiary/aromatic N) is 2. The van der Waals surface area contributed by atoms with Crippen LogP contribution in [-0.2, 0) is 16.0 Å². The van der Waals surface area contributed by atoms with Crippen LogP contribution in [0.3, 0.4) is 0 Å². The van der Waals surface area contributed by atoms with E-state index in [1.54, 1.807) is 12.4 Å². The summed E-state index contributed by atoms with van der Waals surface area (Å²) in [6.07, 6.45) is 3.94. The largest absolute Gasteiger partial charge is 0.468 e. The molecule has 0 N–H and O–H groups in total. The second kappa shape index (κ2) is 4.38. The maximum absolute atomic E-state index is 9.74. The predicted molar refractivity (Wildman–Crippen MR) is 37.8 cm³/mol. The molecule has 1 aromatic heterocycles. The van der Waals surface area contributed by atoms with Gasteiger partial charge >= 0.3 is 0 Å². The molecule has 0 amide bonds. The van der Waals surface area contributed by atoms with Gasteiger partial charge in [-0.1, -0.05) is 0 Å². The Morgan fingerprint density at radius 1 is 1.55 bits per heavy atom. The average Bonchev–Trinajstić information content (AvgIpc) is 2.07. The van der Waals surface area contributed by atoms with E-state index >= 15 is 0 Å². The van der Waals surface area contributed by atoms with E-state index in [2.05, 4.69) is 14.9 Å². The van der Waals surface area contributed by atoms with Gasteiger partial charge in [-0.3, -0.25) is 4.79 Å². The lowest BCUT2D eigenvalue weighted by atomic mass is 10.2. The first-order valence-corrected chi connectivity index (χ1v) is 3.24. The van der Waals surface area contributed by atoms with Crippen LogP contribution in [0.5, 0.6) is 0 Å². The third-order valence-electron chi connectivity index (χ3n) is 1.22. The molecular formula is C7H8N2O2. The Hall–Kier alpha value is -1.45. The van der Waals surface area contributed by atoms with E-state index in [-0.39, 0.29) is 0 Å². The maximum Gasteiger partial charge on any atom is 0.293 e. The summed E-state index contributed by atoms with van der Waals surface area (Å²) in [5, 5.41) is 7.28. The summed E-state index contributed by atoms with van der Waals surface area (Å²) in [5.41, 5.74) is 1.02. The van der Waals surface area contributed by atoms with Crippen LogP contribution in [0, 0.1) is 0 Å². The van der Waals surface area contributed by atoms with Gasteiger partial charge in [0.05, 0.1) is 12.8 Å². The van der Waals surface area contributed by atoms with Crippen molar-refractivity contribution in [2.45, 2.75) is 6.42 Å². The molecule has 11 heavy (non-hydrogen) atoms. The number of carbonyl (C=O) groups is 1. The number of hydrogen-bond donors (Lipinski definition) is 0. The van der Waals surface area contributed by atoms with E-state index in [9.17, 15) is 4.79 Å². The minimum absolute atomic E-state index is 0.398. The third kappa shape index (κ3) is 2.75. The molecular weight excluding hydrogens is 144 g/mol. The zero-order valence-electron chi connectivity index (χ0n) is 5.93. The average molecular weight is 152 g/mol. The monoisotopic (exact) mass is 152 g/mol. The van der Waals surface area contributed by atoms with Crippen molar-refractivity contribution in [2.75, 3.05) is 6.61 Å². The second-order valence-electron chi connectivity index (χ2n) is 1.97. The topological polar surface area (TPSA) is 52.1 Å². The molecule has 4 heteroatoms. The smallest absolute Gasteiger partial charge is 0.293 e. The standard InChI is InChI=1S/C7H8N2O2/c10-6-11-4-2-7-1-3-8-9-5-7/h1,3,5-6H,2,4H2. The van der Waals surface area contributed by atoms with Crippen LogP contribution < -0.4 is 0 Å². The van der Waals surface area contributed by atoms with Gasteiger partial charge in [0.2, 0.25) is 0 Å². The minimum Gasteiger partial charge on any atom is -0.468 e. The normalized spacial score (nSPS) is 9.09. The molecule has 0 saturated heterocycles. The molecule has 0 atom stereocenters. The lowest BCUT2D eigenvalue weighted by Crippen LogP contribution is -1.97. The lowest BCUT2D eigenvalue weighted by Gasteiger charge is -1.96. The van der Waals surface area contributed by atoms with Gasteiger partial charge in [-0.2, -0.15) is 10.2 Å². The molecule has 0 aromatic carbocycles. The molecule has 0 aliphatic carbocycles. The molecule has 0 aliphatic rings. The van der Waals surface area contributed by atoms with Crippen LogP contribution >= 0.6 is 0 Å². The quantitative estimate of drug-likeness (QED) is 0.456. The van der Waals surface area contributed by atoms with Crippen LogP contribution in [0.15, 0.2) is 18.5 Å². The highest BCUT2D eigenvalue weighted by atomic mass is 16.5. The van der Waals surface area contributed by atoms with Gasteiger partial charge in [0.15, 0.2) is 0 Å². The molecule has 0 radical (unpaired) electrons. The fourth-order valence-electron chi connectivity index (χ4n) is 0.691. The van der Waals surface area contributed by atoms with Gasteiger partial charge in [0.1, 0.15) is 0 Å². The van der Waals surface area contributed by atoms with Crippen LogP contribution in [0.2, 0.25) is 0 Å². The number of hydrogen-bond acceptors (Lipinski definition) is 4. The summed E-state index contributed by atoms with van der Waals surface area (Å²) in [4.78, 5) is 9.74. The van der Waals surface area contributed by atoms with Crippen LogP contribution in [0.1, 0.15) is 5.56 Å². The van der Waals surface area contributed by atoms with Crippen molar-refractivity contribution in [1.29, 1.82) is 0 Å². The Bertz CT molecular complexity index is 213. The number of carbonyl (C=O) groups excluding carboxylic acids is 1. The first-order valence-electron chi connectivity index (χ1n) is 3.24. The van der Waals surface area contributed by atoms with Crippen LogP contribution in [-0.4, -0.2) is 23.3 Å². The second-order valence-corrected chi connectivity index (χ2v) is 1.97. The van der Waals surface area contributed by atoms with Crippen molar-refractivity contribution in [1.82, 2.24) is 10.2 Å². The van der Waals surface area contributed by atoms with Gasteiger partial charge in [-0.25, -0.2) is 0 Å². The van der Waals surface area contributed by atoms with Crippen LogP contribution in [0.25, 0.3) is 0 Å². The van der Waals surface area contributed by atoms with Crippen molar-refractivity contribution in [3.63, 3.8) is 0 Å². The summed E-state index contributed by atoms with van der Waals surface area (Å²) < 4.78 is 4.51. The number of rotatable bonds is 4. The van der Waals surface area contributed by atoms with E-state index in [1.165, 1.54) is 0 Å². The first kappa shape index (κ1) is 7.65. The number of aromatic nitrogens is 2. The molecule has 0 fully saturated rings. The summed E-state index contributed by atoms with van der Waals surface area (Å²) in [7, 11) is 0. The molecule has 1 heterocycles. The van der Waals surface area contributed by atoms with Gasteiger partial charge in [-0.05, 0) is 11.6 Å². The van der Waals surface area contributed by atoms with Crippen molar-refractivity contribution in [3.05, 3.63) is 24.0 Å². The van der Waals surface area contributed by atoms with Gasteiger partial charge < -0.3 is 4.74 Å². The fourth-order valence-corrected chi connectivity index (χ4v) is 0.691. The minimum atomic E-state index is 0.398. The van der Waals surface area contributed by atoms with E-state index in [1.807, 2.05) is 6.07 Å². The molecule has 58 valence electrons. The molecule has 0 unspecified atom stereocenters. The highest BCUT2D eigenvalue weighted by molar-refractivity contribution is 5.36. The van der Waals surface area contributed by atoms with Crippen molar-refractivity contribution in [3.8, 4) is 0 Å². The van der Waals surface area contributed by atoms with Crippen molar-refractivity contribution in [2.24, 2.45) is 0 Å². The third-order valence-corrected chi connectivity index (χ3v) is 1.22. The molecule has 0 saturated carbocycles. The Kier molecular flexibility index (Phi) is 3.05.